The fourth-order valence-electron chi connectivity index (χ4n) is 2.62. The summed E-state index contributed by atoms with van der Waals surface area (Å²) in [4.78, 5) is 26.0. The van der Waals surface area contributed by atoms with Crippen molar-refractivity contribution in [2.24, 2.45) is 0 Å². The number of methoxy groups -OCH3 is 1. The summed E-state index contributed by atoms with van der Waals surface area (Å²) in [7, 11) is 1.59. The zero-order valence-electron chi connectivity index (χ0n) is 14.7. The van der Waals surface area contributed by atoms with Crippen LogP contribution in [0.2, 0.25) is 0 Å². The van der Waals surface area contributed by atoms with Crippen molar-refractivity contribution in [3.63, 3.8) is 0 Å². The van der Waals surface area contributed by atoms with Gasteiger partial charge >= 0.3 is 5.88 Å². The predicted molar refractivity (Wildman–Crippen MR) is 92.9 cm³/mol. The van der Waals surface area contributed by atoms with Crippen LogP contribution in [-0.4, -0.2) is 72.4 Å². The third-order valence-electron chi connectivity index (χ3n) is 4.04. The molecule has 11 nitrogen and oxygen atoms in total. The zero-order valence-corrected chi connectivity index (χ0v) is 14.7. The fraction of sp³-hybridized carbons (Fsp3) is 0.438. The molecule has 3 rings (SSSR count). The summed E-state index contributed by atoms with van der Waals surface area (Å²) in [5, 5.41) is 18.8. The van der Waals surface area contributed by atoms with Crippen LogP contribution in [0, 0.1) is 10.1 Å². The molecule has 11 heteroatoms. The third kappa shape index (κ3) is 4.50. The van der Waals surface area contributed by atoms with E-state index in [0.29, 0.717) is 51.1 Å². The third-order valence-corrected chi connectivity index (χ3v) is 4.04. The minimum atomic E-state index is -0.671. The van der Waals surface area contributed by atoms with Gasteiger partial charge in [-0.05, 0) is 12.1 Å². The highest BCUT2D eigenvalue weighted by Crippen LogP contribution is 2.19. The minimum absolute atomic E-state index is 0.0347. The van der Waals surface area contributed by atoms with Gasteiger partial charge in [0.05, 0.1) is 12.7 Å². The van der Waals surface area contributed by atoms with E-state index >= 15 is 0 Å². The van der Waals surface area contributed by atoms with E-state index in [1.54, 1.807) is 18.1 Å². The lowest BCUT2D eigenvalue weighted by molar-refractivity contribution is -0.402. The Balaban J connectivity index is 1.53. The van der Waals surface area contributed by atoms with Crippen molar-refractivity contribution in [1.82, 2.24) is 15.1 Å². The van der Waals surface area contributed by atoms with Gasteiger partial charge in [-0.25, -0.2) is 0 Å². The molecule has 0 atom stereocenters. The normalized spacial score (nSPS) is 14.3. The Labute approximate surface area is 154 Å². The molecule has 2 aromatic heterocycles. The number of rotatable bonds is 7. The Morgan fingerprint density at radius 2 is 1.96 bits per heavy atom. The van der Waals surface area contributed by atoms with Crippen molar-refractivity contribution in [2.75, 3.05) is 51.4 Å². The van der Waals surface area contributed by atoms with E-state index in [-0.39, 0.29) is 11.7 Å². The van der Waals surface area contributed by atoms with Gasteiger partial charge in [0.25, 0.3) is 5.91 Å². The standard InChI is InChI=1S/C16H19N5O6/c1-25-10-11-26-14-4-3-13(17-18-14)19-6-8-20(9-7-19)16(22)12-2-5-15(27-12)21(23)24/h2-5H,6-11H2,1H3. The number of carbonyl (C=O) groups excluding carboxylic acids is 1. The molecule has 0 N–H and O–H groups in total. The summed E-state index contributed by atoms with van der Waals surface area (Å²) in [6.45, 7) is 2.89. The molecule has 0 unspecified atom stereocenters. The second kappa shape index (κ2) is 8.45. The van der Waals surface area contributed by atoms with Crippen LogP contribution in [0.4, 0.5) is 11.7 Å². The first kappa shape index (κ1) is 18.6. The lowest BCUT2D eigenvalue weighted by Gasteiger charge is -2.34. The summed E-state index contributed by atoms with van der Waals surface area (Å²) < 4.78 is 15.3. The molecule has 3 heterocycles. The summed E-state index contributed by atoms with van der Waals surface area (Å²) in [5.74, 6) is 0.266. The van der Waals surface area contributed by atoms with Crippen LogP contribution < -0.4 is 9.64 Å². The van der Waals surface area contributed by atoms with E-state index in [1.165, 1.54) is 12.1 Å². The van der Waals surface area contributed by atoms with E-state index < -0.39 is 10.8 Å². The number of aromatic nitrogens is 2. The van der Waals surface area contributed by atoms with E-state index in [2.05, 4.69) is 10.2 Å². The second-order valence-corrected chi connectivity index (χ2v) is 5.75. The van der Waals surface area contributed by atoms with Crippen molar-refractivity contribution >= 4 is 17.6 Å². The topological polar surface area (TPSA) is 124 Å². The highest BCUT2D eigenvalue weighted by atomic mass is 16.6. The first-order valence-electron chi connectivity index (χ1n) is 8.32. The second-order valence-electron chi connectivity index (χ2n) is 5.75. The molecule has 0 spiro atoms. The number of amides is 1. The number of hydrogen-bond acceptors (Lipinski definition) is 9. The van der Waals surface area contributed by atoms with Gasteiger partial charge in [-0.1, -0.05) is 0 Å². The number of hydrogen-bond donors (Lipinski definition) is 0. The number of ether oxygens (including phenoxy) is 2. The number of anilines is 1. The summed E-state index contributed by atoms with van der Waals surface area (Å²) in [6, 6.07) is 6.04. The maximum atomic E-state index is 12.4. The molecule has 0 aliphatic carbocycles. The van der Waals surface area contributed by atoms with Crippen LogP contribution >= 0.6 is 0 Å². The molecule has 1 amide bonds. The number of carbonyl (C=O) groups is 1. The van der Waals surface area contributed by atoms with Gasteiger partial charge in [0.1, 0.15) is 11.5 Å². The number of furan rings is 1. The maximum absolute atomic E-state index is 12.4. The number of nitro groups is 1. The molecule has 1 aliphatic heterocycles. The van der Waals surface area contributed by atoms with E-state index in [4.69, 9.17) is 13.9 Å². The molecule has 144 valence electrons. The highest BCUT2D eigenvalue weighted by molar-refractivity contribution is 5.92. The Kier molecular flexibility index (Phi) is 5.81. The zero-order chi connectivity index (χ0) is 19.2. The Bertz CT molecular complexity index is 785. The highest BCUT2D eigenvalue weighted by Gasteiger charge is 2.26. The van der Waals surface area contributed by atoms with Gasteiger partial charge in [-0.2, -0.15) is 0 Å². The summed E-state index contributed by atoms with van der Waals surface area (Å²) >= 11 is 0. The molecule has 0 bridgehead atoms. The van der Waals surface area contributed by atoms with Gasteiger partial charge in [-0.15, -0.1) is 10.2 Å². The van der Waals surface area contributed by atoms with Gasteiger partial charge < -0.3 is 23.7 Å². The monoisotopic (exact) mass is 377 g/mol. The van der Waals surface area contributed by atoms with Gasteiger partial charge in [0.2, 0.25) is 5.88 Å². The van der Waals surface area contributed by atoms with Gasteiger partial charge in [-0.3, -0.25) is 14.9 Å². The first-order valence-corrected chi connectivity index (χ1v) is 8.32. The van der Waals surface area contributed by atoms with Crippen LogP contribution in [0.1, 0.15) is 10.6 Å². The lowest BCUT2D eigenvalue weighted by Crippen LogP contribution is -2.49. The number of nitrogens with zero attached hydrogens (tertiary/aromatic N) is 5. The largest absolute Gasteiger partial charge is 0.474 e. The molecule has 1 aliphatic rings. The average Bonchev–Trinajstić information content (AvgIpc) is 3.19. The van der Waals surface area contributed by atoms with Crippen molar-refractivity contribution in [1.29, 1.82) is 0 Å². The van der Waals surface area contributed by atoms with Crippen LogP contribution in [0.25, 0.3) is 0 Å². The van der Waals surface area contributed by atoms with Gasteiger partial charge in [0, 0.05) is 39.4 Å². The molecular formula is C16H19N5O6. The smallest absolute Gasteiger partial charge is 0.433 e. The molecule has 0 aromatic carbocycles. The molecule has 2 aromatic rings. The molecule has 0 radical (unpaired) electrons. The van der Waals surface area contributed by atoms with Crippen molar-refractivity contribution in [3.8, 4) is 5.88 Å². The summed E-state index contributed by atoms with van der Waals surface area (Å²) in [6.07, 6.45) is 0. The fourth-order valence-corrected chi connectivity index (χ4v) is 2.62. The minimum Gasteiger partial charge on any atom is -0.474 e. The van der Waals surface area contributed by atoms with E-state index in [1.807, 2.05) is 11.0 Å². The number of piperazine rings is 1. The van der Waals surface area contributed by atoms with Crippen LogP contribution in [0.5, 0.6) is 5.88 Å². The Morgan fingerprint density at radius 3 is 2.56 bits per heavy atom. The Morgan fingerprint density at radius 1 is 1.19 bits per heavy atom. The van der Waals surface area contributed by atoms with Crippen LogP contribution in [-0.2, 0) is 4.74 Å². The van der Waals surface area contributed by atoms with E-state index in [9.17, 15) is 14.9 Å². The predicted octanol–water partition coefficient (Wildman–Crippen LogP) is 0.965. The van der Waals surface area contributed by atoms with Crippen molar-refractivity contribution < 1.29 is 23.6 Å². The average molecular weight is 377 g/mol. The molecule has 1 saturated heterocycles. The molecule has 1 fully saturated rings. The molecular weight excluding hydrogens is 358 g/mol. The first-order chi connectivity index (χ1) is 13.1. The SMILES string of the molecule is COCCOc1ccc(N2CCN(C(=O)c3ccc([N+](=O)[O-])o3)CC2)nn1. The molecule has 27 heavy (non-hydrogen) atoms. The molecule has 0 saturated carbocycles. The maximum Gasteiger partial charge on any atom is 0.433 e. The quantitative estimate of drug-likeness (QED) is 0.394. The van der Waals surface area contributed by atoms with E-state index in [0.717, 1.165) is 0 Å². The van der Waals surface area contributed by atoms with Crippen molar-refractivity contribution in [3.05, 3.63) is 40.1 Å². The van der Waals surface area contributed by atoms with Crippen LogP contribution in [0.3, 0.4) is 0 Å². The lowest BCUT2D eigenvalue weighted by atomic mass is 10.3. The Hall–Kier alpha value is -3.21. The summed E-state index contributed by atoms with van der Waals surface area (Å²) in [5.41, 5.74) is 0. The van der Waals surface area contributed by atoms with Crippen molar-refractivity contribution in [2.45, 2.75) is 0 Å². The van der Waals surface area contributed by atoms with Crippen LogP contribution in [0.15, 0.2) is 28.7 Å². The van der Waals surface area contributed by atoms with Gasteiger partial charge in [0.15, 0.2) is 11.6 Å².